The molecule has 2 aromatic carbocycles. The van der Waals surface area contributed by atoms with Crippen LogP contribution in [0.5, 0.6) is 5.75 Å². The first kappa shape index (κ1) is 25.7. The molecule has 4 aromatic rings. The van der Waals surface area contributed by atoms with Crippen molar-refractivity contribution in [2.24, 2.45) is 0 Å². The van der Waals surface area contributed by atoms with Gasteiger partial charge in [-0.25, -0.2) is 4.98 Å². The van der Waals surface area contributed by atoms with Gasteiger partial charge in [0.25, 0.3) is 0 Å². The van der Waals surface area contributed by atoms with E-state index < -0.39 is 0 Å². The van der Waals surface area contributed by atoms with Crippen LogP contribution in [0.1, 0.15) is 36.7 Å². The van der Waals surface area contributed by atoms with Gasteiger partial charge in [-0.3, -0.25) is 9.36 Å². The second-order valence-electron chi connectivity index (χ2n) is 8.52. The van der Waals surface area contributed by atoms with E-state index in [0.717, 1.165) is 28.1 Å². The van der Waals surface area contributed by atoms with Gasteiger partial charge in [-0.1, -0.05) is 74.1 Å². The number of allylic oxidation sites excluding steroid dienone is 1. The number of nitrogens with zero attached hydrogens (tertiary/aromatic N) is 4. The van der Waals surface area contributed by atoms with Crippen molar-refractivity contribution in [3.63, 3.8) is 0 Å². The van der Waals surface area contributed by atoms with Crippen molar-refractivity contribution < 1.29 is 9.53 Å². The summed E-state index contributed by atoms with van der Waals surface area (Å²) in [6.45, 7) is 11.0. The van der Waals surface area contributed by atoms with Gasteiger partial charge in [0.1, 0.15) is 12.4 Å². The zero-order chi connectivity index (χ0) is 25.5. The molecule has 0 bridgehead atoms. The summed E-state index contributed by atoms with van der Waals surface area (Å²) in [5.41, 5.74) is 4.15. The molecule has 2 heterocycles. The van der Waals surface area contributed by atoms with Gasteiger partial charge in [0, 0.05) is 17.5 Å². The summed E-state index contributed by atoms with van der Waals surface area (Å²) in [6.07, 6.45) is 1.78. The summed E-state index contributed by atoms with van der Waals surface area (Å²) in [4.78, 5) is 17.1. The van der Waals surface area contributed by atoms with Gasteiger partial charge in [-0.05, 0) is 30.0 Å². The van der Waals surface area contributed by atoms with Crippen molar-refractivity contribution in [1.82, 2.24) is 19.7 Å². The number of thioether (sulfide) groups is 1. The minimum Gasteiger partial charge on any atom is -0.485 e. The maximum Gasteiger partial charge on any atom is 0.236 e. The quantitative estimate of drug-likeness (QED) is 0.184. The van der Waals surface area contributed by atoms with E-state index >= 15 is 0 Å². The molecule has 0 unspecified atom stereocenters. The Morgan fingerprint density at radius 1 is 1.22 bits per heavy atom. The van der Waals surface area contributed by atoms with Crippen LogP contribution in [0.25, 0.3) is 11.3 Å². The molecule has 9 heteroatoms. The third-order valence-corrected chi connectivity index (χ3v) is 7.13. The molecule has 0 fully saturated rings. The van der Waals surface area contributed by atoms with Crippen molar-refractivity contribution in [3.05, 3.63) is 83.5 Å². The molecule has 0 aliphatic carbocycles. The number of benzene rings is 2. The predicted molar refractivity (Wildman–Crippen MR) is 147 cm³/mol. The zero-order valence-electron chi connectivity index (χ0n) is 20.6. The maximum absolute atomic E-state index is 12.6. The largest absolute Gasteiger partial charge is 0.485 e. The second kappa shape index (κ2) is 12.0. The van der Waals surface area contributed by atoms with E-state index in [1.165, 1.54) is 23.1 Å². The van der Waals surface area contributed by atoms with E-state index in [1.807, 2.05) is 53.3 Å². The van der Waals surface area contributed by atoms with E-state index in [4.69, 9.17) is 4.74 Å². The molecule has 1 N–H and O–H groups in total. The minimum atomic E-state index is -0.152. The summed E-state index contributed by atoms with van der Waals surface area (Å²) in [5.74, 6) is 1.91. The molecule has 36 heavy (non-hydrogen) atoms. The zero-order valence-corrected chi connectivity index (χ0v) is 22.2. The molecule has 1 amide bonds. The van der Waals surface area contributed by atoms with E-state index in [0.29, 0.717) is 28.6 Å². The molecular weight excluding hydrogens is 490 g/mol. The van der Waals surface area contributed by atoms with E-state index in [-0.39, 0.29) is 18.3 Å². The molecule has 186 valence electrons. The highest BCUT2D eigenvalue weighted by atomic mass is 32.2. The first-order chi connectivity index (χ1) is 17.4. The molecule has 0 saturated heterocycles. The van der Waals surface area contributed by atoms with Crippen LogP contribution in [-0.2, 0) is 17.9 Å². The fourth-order valence-electron chi connectivity index (χ4n) is 3.59. The fraction of sp³-hybridized carbons (Fsp3) is 0.259. The lowest BCUT2D eigenvalue weighted by atomic mass is 10.0. The summed E-state index contributed by atoms with van der Waals surface area (Å²) < 4.78 is 8.08. The van der Waals surface area contributed by atoms with Crippen molar-refractivity contribution in [2.45, 2.75) is 45.0 Å². The standard InChI is InChI=1S/C27H29N5O2S2/c1-5-13-32-24(15-34-23-14-19(4)11-12-21(23)18(2)3)30-31-27(32)36-17-25(33)29-26-28-22(16-35-26)20-9-7-6-8-10-20/h5-12,14,16,18H,1,13,15,17H2,2-4H3,(H,28,29,33). The number of aryl methyl sites for hydroxylation is 1. The van der Waals surface area contributed by atoms with Crippen molar-refractivity contribution in [1.29, 1.82) is 0 Å². The Morgan fingerprint density at radius 3 is 2.78 bits per heavy atom. The Kier molecular flexibility index (Phi) is 8.56. The normalized spacial score (nSPS) is 11.0. The SMILES string of the molecule is C=CCn1c(COc2cc(C)ccc2C(C)C)nnc1SCC(=O)Nc1nc(-c2ccccc2)cs1. The molecule has 0 aliphatic rings. The summed E-state index contributed by atoms with van der Waals surface area (Å²) in [5, 5.41) is 14.6. The van der Waals surface area contributed by atoms with Gasteiger partial charge >= 0.3 is 0 Å². The molecular formula is C27H29N5O2S2. The summed E-state index contributed by atoms with van der Waals surface area (Å²) in [7, 11) is 0. The molecule has 7 nitrogen and oxygen atoms in total. The van der Waals surface area contributed by atoms with E-state index in [2.05, 4.69) is 53.1 Å². The lowest BCUT2D eigenvalue weighted by Gasteiger charge is -2.15. The van der Waals surface area contributed by atoms with Crippen LogP contribution in [0.15, 0.2) is 71.7 Å². The number of rotatable bonds is 11. The van der Waals surface area contributed by atoms with Crippen molar-refractivity contribution >= 4 is 34.1 Å². The van der Waals surface area contributed by atoms with E-state index in [9.17, 15) is 4.79 Å². The number of carbonyl (C=O) groups excluding carboxylic acids is 1. The monoisotopic (exact) mass is 519 g/mol. The molecule has 0 spiro atoms. The number of anilines is 1. The number of thiazole rings is 1. The van der Waals surface area contributed by atoms with Gasteiger partial charge in [0.2, 0.25) is 5.91 Å². The van der Waals surface area contributed by atoms with Gasteiger partial charge in [0.05, 0.1) is 11.4 Å². The van der Waals surface area contributed by atoms with E-state index in [1.54, 1.807) is 6.08 Å². The average molecular weight is 520 g/mol. The average Bonchev–Trinajstić information content (AvgIpc) is 3.49. The smallest absolute Gasteiger partial charge is 0.236 e. The number of hydrogen-bond donors (Lipinski definition) is 1. The molecule has 0 saturated carbocycles. The van der Waals surface area contributed by atoms with Gasteiger partial charge in [-0.2, -0.15) is 0 Å². The summed E-state index contributed by atoms with van der Waals surface area (Å²) >= 11 is 2.72. The lowest BCUT2D eigenvalue weighted by Crippen LogP contribution is -2.15. The van der Waals surface area contributed by atoms with Crippen LogP contribution >= 0.6 is 23.1 Å². The third kappa shape index (κ3) is 6.41. The first-order valence-corrected chi connectivity index (χ1v) is 13.5. The van der Waals surface area contributed by atoms with Gasteiger partial charge in [-0.15, -0.1) is 28.1 Å². The minimum absolute atomic E-state index is 0.152. The Balaban J connectivity index is 1.38. The number of amides is 1. The van der Waals surface area contributed by atoms with Crippen molar-refractivity contribution in [2.75, 3.05) is 11.1 Å². The fourth-order valence-corrected chi connectivity index (χ4v) is 5.09. The van der Waals surface area contributed by atoms with Crippen molar-refractivity contribution in [3.8, 4) is 17.0 Å². The number of aromatic nitrogens is 4. The topological polar surface area (TPSA) is 81.9 Å². The molecule has 4 rings (SSSR count). The predicted octanol–water partition coefficient (Wildman–Crippen LogP) is 6.33. The highest BCUT2D eigenvalue weighted by Crippen LogP contribution is 2.29. The third-order valence-electron chi connectivity index (χ3n) is 5.41. The van der Waals surface area contributed by atoms with Gasteiger partial charge < -0.3 is 10.1 Å². The Morgan fingerprint density at radius 2 is 2.03 bits per heavy atom. The first-order valence-electron chi connectivity index (χ1n) is 11.6. The molecule has 0 aliphatic heterocycles. The summed E-state index contributed by atoms with van der Waals surface area (Å²) in [6, 6.07) is 16.1. The Bertz CT molecular complexity index is 1330. The van der Waals surface area contributed by atoms with Crippen LogP contribution in [0, 0.1) is 6.92 Å². The number of nitrogens with one attached hydrogen (secondary N) is 1. The number of ether oxygens (including phenoxy) is 1. The number of hydrogen-bond acceptors (Lipinski definition) is 7. The second-order valence-corrected chi connectivity index (χ2v) is 10.3. The van der Waals surface area contributed by atoms with Crippen LogP contribution in [-0.4, -0.2) is 31.4 Å². The number of carbonyl (C=O) groups is 1. The van der Waals surface area contributed by atoms with Gasteiger partial charge in [0.15, 0.2) is 16.1 Å². The maximum atomic E-state index is 12.6. The molecule has 2 aromatic heterocycles. The van der Waals surface area contributed by atoms with Crippen LogP contribution in [0.3, 0.4) is 0 Å². The molecule has 0 radical (unpaired) electrons. The Hall–Kier alpha value is -3.43. The highest BCUT2D eigenvalue weighted by molar-refractivity contribution is 7.99. The van der Waals surface area contributed by atoms with Crippen LogP contribution in [0.2, 0.25) is 0 Å². The van der Waals surface area contributed by atoms with Crippen LogP contribution < -0.4 is 10.1 Å². The molecule has 0 atom stereocenters. The lowest BCUT2D eigenvalue weighted by molar-refractivity contribution is -0.113. The Labute approximate surface area is 219 Å². The highest BCUT2D eigenvalue weighted by Gasteiger charge is 2.16. The van der Waals surface area contributed by atoms with Crippen LogP contribution in [0.4, 0.5) is 5.13 Å².